The van der Waals surface area contributed by atoms with Crippen LogP contribution < -0.4 is 11.1 Å². The third kappa shape index (κ3) is 3.01. The van der Waals surface area contributed by atoms with Crippen LogP contribution in [0.15, 0.2) is 4.99 Å². The van der Waals surface area contributed by atoms with E-state index >= 15 is 0 Å². The fourth-order valence-electron chi connectivity index (χ4n) is 0.774. The molecule has 0 radical (unpaired) electrons. The summed E-state index contributed by atoms with van der Waals surface area (Å²) in [6, 6.07) is 0. The van der Waals surface area contributed by atoms with E-state index in [4.69, 9.17) is 5.73 Å². The number of rotatable bonds is 3. The van der Waals surface area contributed by atoms with Crippen molar-refractivity contribution in [2.24, 2.45) is 10.7 Å². The van der Waals surface area contributed by atoms with Crippen LogP contribution in [0.1, 0.15) is 0 Å². The van der Waals surface area contributed by atoms with E-state index in [1.54, 1.807) is 11.8 Å². The SMILES string of the molecule is NCCNC1=NC[C@H](CBr)S1. The molecule has 0 saturated heterocycles. The molecule has 0 amide bonds. The van der Waals surface area contributed by atoms with Gasteiger partial charge in [-0.2, -0.15) is 0 Å². The molecular weight excluding hydrogens is 226 g/mol. The second-order valence-electron chi connectivity index (χ2n) is 2.26. The van der Waals surface area contributed by atoms with Gasteiger partial charge in [0.15, 0.2) is 5.17 Å². The minimum atomic E-state index is 0.607. The van der Waals surface area contributed by atoms with Gasteiger partial charge in [-0.25, -0.2) is 0 Å². The molecule has 1 aliphatic rings. The van der Waals surface area contributed by atoms with Gasteiger partial charge in [-0.1, -0.05) is 27.7 Å². The molecule has 0 bridgehead atoms. The van der Waals surface area contributed by atoms with Gasteiger partial charge in [0, 0.05) is 23.7 Å². The normalized spacial score (nSPS) is 23.5. The summed E-state index contributed by atoms with van der Waals surface area (Å²) in [6.45, 7) is 2.40. The molecule has 3 nitrogen and oxygen atoms in total. The molecule has 0 spiro atoms. The Balaban J connectivity index is 2.17. The Morgan fingerprint density at radius 2 is 2.64 bits per heavy atom. The van der Waals surface area contributed by atoms with E-state index in [0.717, 1.165) is 23.6 Å². The van der Waals surface area contributed by atoms with E-state index in [2.05, 4.69) is 26.2 Å². The summed E-state index contributed by atoms with van der Waals surface area (Å²) in [4.78, 5) is 4.31. The van der Waals surface area contributed by atoms with Gasteiger partial charge in [0.05, 0.1) is 6.54 Å². The van der Waals surface area contributed by atoms with E-state index < -0.39 is 0 Å². The van der Waals surface area contributed by atoms with E-state index in [9.17, 15) is 0 Å². The molecule has 1 rings (SSSR count). The molecule has 0 fully saturated rings. The highest BCUT2D eigenvalue weighted by molar-refractivity contribution is 9.09. The maximum Gasteiger partial charge on any atom is 0.156 e. The summed E-state index contributed by atoms with van der Waals surface area (Å²) >= 11 is 5.21. The van der Waals surface area contributed by atoms with Crippen LogP contribution in [0.4, 0.5) is 0 Å². The molecule has 0 aromatic rings. The van der Waals surface area contributed by atoms with E-state index in [0.29, 0.717) is 11.8 Å². The van der Waals surface area contributed by atoms with Gasteiger partial charge in [-0.15, -0.1) is 0 Å². The molecule has 1 atom stereocenters. The number of alkyl halides is 1. The number of aliphatic imine (C=N–C) groups is 1. The first-order valence-electron chi connectivity index (χ1n) is 3.58. The minimum Gasteiger partial charge on any atom is -0.364 e. The third-order valence-corrected chi connectivity index (χ3v) is 3.67. The van der Waals surface area contributed by atoms with Crippen molar-refractivity contribution in [3.05, 3.63) is 0 Å². The van der Waals surface area contributed by atoms with Crippen LogP contribution in [0.25, 0.3) is 0 Å². The summed E-state index contributed by atoms with van der Waals surface area (Å²) < 4.78 is 0. The number of hydrogen-bond acceptors (Lipinski definition) is 4. The van der Waals surface area contributed by atoms with Gasteiger partial charge in [-0.05, 0) is 0 Å². The quantitative estimate of drug-likeness (QED) is 0.700. The average Bonchev–Trinajstić information content (AvgIpc) is 2.48. The summed E-state index contributed by atoms with van der Waals surface area (Å²) in [5.74, 6) is 0. The van der Waals surface area contributed by atoms with Gasteiger partial charge in [0.25, 0.3) is 0 Å². The highest BCUT2D eigenvalue weighted by atomic mass is 79.9. The molecular formula is C6H12BrN3S. The van der Waals surface area contributed by atoms with Crippen molar-refractivity contribution in [3.8, 4) is 0 Å². The van der Waals surface area contributed by atoms with Crippen LogP contribution in [0.5, 0.6) is 0 Å². The first-order valence-corrected chi connectivity index (χ1v) is 5.58. The molecule has 0 aliphatic carbocycles. The smallest absolute Gasteiger partial charge is 0.156 e. The van der Waals surface area contributed by atoms with Crippen LogP contribution in [-0.4, -0.2) is 35.4 Å². The number of halogens is 1. The Kier molecular flexibility index (Phi) is 4.25. The van der Waals surface area contributed by atoms with Crippen molar-refractivity contribution in [2.75, 3.05) is 25.0 Å². The number of thioether (sulfide) groups is 1. The van der Waals surface area contributed by atoms with Crippen molar-refractivity contribution in [3.63, 3.8) is 0 Å². The lowest BCUT2D eigenvalue weighted by molar-refractivity contribution is 0.879. The van der Waals surface area contributed by atoms with E-state index in [-0.39, 0.29) is 0 Å². The van der Waals surface area contributed by atoms with Gasteiger partial charge in [0.2, 0.25) is 0 Å². The lowest BCUT2D eigenvalue weighted by Gasteiger charge is -2.04. The number of hydrogen-bond donors (Lipinski definition) is 2. The van der Waals surface area contributed by atoms with Gasteiger partial charge >= 0.3 is 0 Å². The zero-order valence-electron chi connectivity index (χ0n) is 6.22. The minimum absolute atomic E-state index is 0.607. The topological polar surface area (TPSA) is 50.4 Å². The highest BCUT2D eigenvalue weighted by Gasteiger charge is 2.17. The fourth-order valence-corrected chi connectivity index (χ4v) is 2.24. The second-order valence-corrected chi connectivity index (χ2v) is 4.19. The monoisotopic (exact) mass is 237 g/mol. The molecule has 0 unspecified atom stereocenters. The van der Waals surface area contributed by atoms with E-state index in [1.165, 1.54) is 0 Å². The Hall–Kier alpha value is 0.260. The van der Waals surface area contributed by atoms with Crippen LogP contribution >= 0.6 is 27.7 Å². The van der Waals surface area contributed by atoms with Crippen LogP contribution in [0.3, 0.4) is 0 Å². The van der Waals surface area contributed by atoms with Crippen LogP contribution in [0, 0.1) is 0 Å². The molecule has 64 valence electrons. The third-order valence-electron chi connectivity index (χ3n) is 1.31. The Labute approximate surface area is 79.3 Å². The summed E-state index contributed by atoms with van der Waals surface area (Å²) in [7, 11) is 0. The summed E-state index contributed by atoms with van der Waals surface area (Å²) in [5.41, 5.74) is 5.34. The maximum atomic E-state index is 5.34. The van der Waals surface area contributed by atoms with Crippen molar-refractivity contribution in [1.29, 1.82) is 0 Å². The maximum absolute atomic E-state index is 5.34. The van der Waals surface area contributed by atoms with Crippen LogP contribution in [0.2, 0.25) is 0 Å². The molecule has 3 N–H and O–H groups in total. The zero-order chi connectivity index (χ0) is 8.10. The van der Waals surface area contributed by atoms with Crippen molar-refractivity contribution in [2.45, 2.75) is 5.25 Å². The molecule has 11 heavy (non-hydrogen) atoms. The molecule has 1 aliphatic heterocycles. The molecule has 1 heterocycles. The van der Waals surface area contributed by atoms with Crippen LogP contribution in [-0.2, 0) is 0 Å². The number of nitrogens with two attached hydrogens (primary N) is 1. The first kappa shape index (κ1) is 9.35. The summed E-state index contributed by atoms with van der Waals surface area (Å²) in [5, 5.41) is 5.82. The lowest BCUT2D eigenvalue weighted by Crippen LogP contribution is -2.26. The molecule has 0 saturated carbocycles. The van der Waals surface area contributed by atoms with Crippen molar-refractivity contribution < 1.29 is 0 Å². The van der Waals surface area contributed by atoms with E-state index in [1.807, 2.05) is 0 Å². The number of nitrogens with zero attached hydrogens (tertiary/aromatic N) is 1. The Bertz CT molecular complexity index is 151. The standard InChI is InChI=1S/C6H12BrN3S/c7-3-5-4-10-6(11-5)9-2-1-8/h5H,1-4,8H2,(H,9,10)/t5-/m0/s1. The molecule has 0 aromatic carbocycles. The second kappa shape index (κ2) is 5.00. The Morgan fingerprint density at radius 3 is 3.18 bits per heavy atom. The highest BCUT2D eigenvalue weighted by Crippen LogP contribution is 2.20. The lowest BCUT2D eigenvalue weighted by atomic mass is 10.5. The number of nitrogens with one attached hydrogen (secondary N) is 1. The first-order chi connectivity index (χ1) is 5.36. The van der Waals surface area contributed by atoms with Gasteiger partial charge < -0.3 is 11.1 Å². The predicted molar refractivity (Wildman–Crippen MR) is 54.5 cm³/mol. The predicted octanol–water partition coefficient (Wildman–Crippen LogP) is 0.401. The zero-order valence-corrected chi connectivity index (χ0v) is 8.62. The average molecular weight is 238 g/mol. The Morgan fingerprint density at radius 1 is 1.82 bits per heavy atom. The summed E-state index contributed by atoms with van der Waals surface area (Å²) in [6.07, 6.45) is 0. The van der Waals surface area contributed by atoms with Gasteiger partial charge in [0.1, 0.15) is 0 Å². The fraction of sp³-hybridized carbons (Fsp3) is 0.833. The molecule has 0 aromatic heterocycles. The van der Waals surface area contributed by atoms with Crippen molar-refractivity contribution in [1.82, 2.24) is 5.32 Å². The number of amidine groups is 1. The van der Waals surface area contributed by atoms with Crippen molar-refractivity contribution >= 4 is 32.9 Å². The molecule has 5 heteroatoms. The van der Waals surface area contributed by atoms with Gasteiger partial charge in [-0.3, -0.25) is 4.99 Å². The largest absolute Gasteiger partial charge is 0.364 e.